The van der Waals surface area contributed by atoms with Gasteiger partial charge in [0, 0.05) is 39.3 Å². The Balaban J connectivity index is 1.80. The molecule has 1 amide bonds. The molecule has 1 aromatic rings. The van der Waals surface area contributed by atoms with Gasteiger partial charge in [0.2, 0.25) is 0 Å². The molecule has 0 radical (unpaired) electrons. The van der Waals surface area contributed by atoms with Crippen LogP contribution in [0.15, 0.2) is 21.8 Å². The first-order valence-corrected chi connectivity index (χ1v) is 9.65. The van der Waals surface area contributed by atoms with Crippen molar-refractivity contribution in [1.29, 1.82) is 0 Å². The van der Waals surface area contributed by atoms with E-state index in [0.717, 1.165) is 44.1 Å². The maximum atomic E-state index is 12.3. The largest absolute Gasteiger partial charge is 0.444 e. The zero-order chi connectivity index (χ0) is 19.9. The second kappa shape index (κ2) is 9.62. The van der Waals surface area contributed by atoms with E-state index in [-0.39, 0.29) is 6.09 Å². The Morgan fingerprint density at radius 2 is 2.15 bits per heavy atom. The van der Waals surface area contributed by atoms with Crippen LogP contribution in [-0.2, 0) is 11.3 Å². The summed E-state index contributed by atoms with van der Waals surface area (Å²) >= 11 is 0. The first-order valence-electron chi connectivity index (χ1n) is 9.65. The van der Waals surface area contributed by atoms with Crippen LogP contribution in [0.1, 0.15) is 46.2 Å². The van der Waals surface area contributed by atoms with E-state index in [1.54, 1.807) is 13.3 Å². The third kappa shape index (κ3) is 6.77. The zero-order valence-electron chi connectivity index (χ0n) is 17.2. The van der Waals surface area contributed by atoms with Crippen molar-refractivity contribution < 1.29 is 14.1 Å². The van der Waals surface area contributed by atoms with Gasteiger partial charge < -0.3 is 24.4 Å². The Labute approximate surface area is 161 Å². The van der Waals surface area contributed by atoms with Crippen molar-refractivity contribution in [2.24, 2.45) is 10.9 Å². The molecule has 0 spiro atoms. The number of carbonyl (C=O) groups excluding carboxylic acids is 1. The average Bonchev–Trinajstić information content (AvgIpc) is 3.13. The lowest BCUT2D eigenvalue weighted by Crippen LogP contribution is -2.47. The van der Waals surface area contributed by atoms with Crippen molar-refractivity contribution in [3.05, 3.63) is 18.0 Å². The monoisotopic (exact) mass is 379 g/mol. The number of hydrogen-bond acceptors (Lipinski definition) is 5. The quantitative estimate of drug-likeness (QED) is 0.626. The zero-order valence-corrected chi connectivity index (χ0v) is 17.2. The fourth-order valence-corrected chi connectivity index (χ4v) is 3.13. The van der Waals surface area contributed by atoms with Gasteiger partial charge in [-0.25, -0.2) is 4.79 Å². The molecule has 1 N–H and O–H groups in total. The number of hydrogen-bond donors (Lipinski definition) is 1. The molecule has 0 saturated carbocycles. The number of aromatic nitrogens is 1. The second-order valence-corrected chi connectivity index (χ2v) is 7.84. The van der Waals surface area contributed by atoms with Crippen LogP contribution < -0.4 is 5.32 Å². The lowest BCUT2D eigenvalue weighted by atomic mass is 9.96. The van der Waals surface area contributed by atoms with E-state index in [2.05, 4.69) is 20.4 Å². The molecule has 2 rings (SSSR count). The lowest BCUT2D eigenvalue weighted by molar-refractivity contribution is 0.0214. The number of likely N-dealkylation sites (tertiary alicyclic amines) is 1. The molecule has 1 aromatic heterocycles. The molecule has 27 heavy (non-hydrogen) atoms. The number of amides is 1. The summed E-state index contributed by atoms with van der Waals surface area (Å²) in [6.45, 7) is 11.5. The van der Waals surface area contributed by atoms with Gasteiger partial charge in [0.1, 0.15) is 17.6 Å². The highest BCUT2D eigenvalue weighted by atomic mass is 16.6. The number of rotatable bonds is 5. The van der Waals surface area contributed by atoms with Crippen molar-refractivity contribution in [2.75, 3.05) is 33.2 Å². The number of piperidine rings is 1. The Bertz CT molecular complexity index is 601. The third-order valence-electron chi connectivity index (χ3n) is 4.56. The molecule has 0 unspecified atom stereocenters. The van der Waals surface area contributed by atoms with Crippen molar-refractivity contribution in [1.82, 2.24) is 20.3 Å². The number of nitrogens with zero attached hydrogens (tertiary/aromatic N) is 4. The molecule has 1 fully saturated rings. The highest BCUT2D eigenvalue weighted by molar-refractivity contribution is 5.79. The molecule has 0 aliphatic carbocycles. The molecule has 152 valence electrons. The van der Waals surface area contributed by atoms with E-state index in [0.29, 0.717) is 19.0 Å². The minimum Gasteiger partial charge on any atom is -0.444 e. The molecule has 0 aromatic carbocycles. The van der Waals surface area contributed by atoms with Crippen LogP contribution in [-0.4, -0.2) is 65.8 Å². The summed E-state index contributed by atoms with van der Waals surface area (Å²) in [5.74, 6) is 1.35. The number of aliphatic imine (C=N–C) groups is 1. The van der Waals surface area contributed by atoms with E-state index in [1.165, 1.54) is 0 Å². The summed E-state index contributed by atoms with van der Waals surface area (Å²) in [7, 11) is 1.79. The molecule has 0 bridgehead atoms. The van der Waals surface area contributed by atoms with E-state index < -0.39 is 5.60 Å². The molecule has 0 atom stereocenters. The van der Waals surface area contributed by atoms with Gasteiger partial charge >= 0.3 is 6.09 Å². The first-order chi connectivity index (χ1) is 12.8. The van der Waals surface area contributed by atoms with Crippen LogP contribution in [0.3, 0.4) is 0 Å². The average molecular weight is 380 g/mol. The molecular formula is C19H33N5O3. The van der Waals surface area contributed by atoms with Gasteiger partial charge in [-0.1, -0.05) is 5.16 Å². The van der Waals surface area contributed by atoms with Crippen molar-refractivity contribution >= 4 is 12.1 Å². The highest BCUT2D eigenvalue weighted by Crippen LogP contribution is 2.20. The highest BCUT2D eigenvalue weighted by Gasteiger charge is 2.27. The van der Waals surface area contributed by atoms with Crippen molar-refractivity contribution in [3.63, 3.8) is 0 Å². The minimum absolute atomic E-state index is 0.225. The van der Waals surface area contributed by atoms with E-state index >= 15 is 0 Å². The normalized spacial score (nSPS) is 16.3. The summed E-state index contributed by atoms with van der Waals surface area (Å²) in [6, 6.07) is 1.84. The molecule has 1 aliphatic rings. The molecule has 8 nitrogen and oxygen atoms in total. The Kier molecular flexibility index (Phi) is 7.50. The SMILES string of the molecule is CCN(CC1CCN(C(=NC)NCc2ccon2)CC1)C(=O)OC(C)(C)C. The summed E-state index contributed by atoms with van der Waals surface area (Å²) in [5, 5.41) is 7.22. The second-order valence-electron chi connectivity index (χ2n) is 7.84. The summed E-state index contributed by atoms with van der Waals surface area (Å²) in [4.78, 5) is 20.8. The third-order valence-corrected chi connectivity index (χ3v) is 4.56. The summed E-state index contributed by atoms with van der Waals surface area (Å²) < 4.78 is 10.4. The predicted octanol–water partition coefficient (Wildman–Crippen LogP) is 2.72. The lowest BCUT2D eigenvalue weighted by Gasteiger charge is -2.36. The van der Waals surface area contributed by atoms with Gasteiger partial charge in [-0.05, 0) is 46.5 Å². The Hall–Kier alpha value is -2.25. The van der Waals surface area contributed by atoms with E-state index in [9.17, 15) is 4.79 Å². The first kappa shape index (κ1) is 21.1. The molecule has 1 aliphatic heterocycles. The Morgan fingerprint density at radius 3 is 2.67 bits per heavy atom. The molecular weight excluding hydrogens is 346 g/mol. The smallest absolute Gasteiger partial charge is 0.410 e. The summed E-state index contributed by atoms with van der Waals surface area (Å²) in [6.07, 6.45) is 3.38. The predicted molar refractivity (Wildman–Crippen MR) is 104 cm³/mol. The van der Waals surface area contributed by atoms with Gasteiger partial charge in [0.05, 0.1) is 6.54 Å². The number of ether oxygens (including phenoxy) is 1. The number of guanidine groups is 1. The maximum Gasteiger partial charge on any atom is 0.410 e. The van der Waals surface area contributed by atoms with Gasteiger partial charge in [0.15, 0.2) is 5.96 Å². The van der Waals surface area contributed by atoms with Crippen LogP contribution in [0.4, 0.5) is 4.79 Å². The minimum atomic E-state index is -0.462. The van der Waals surface area contributed by atoms with E-state index in [1.807, 2.05) is 38.7 Å². The van der Waals surface area contributed by atoms with E-state index in [4.69, 9.17) is 9.26 Å². The van der Waals surface area contributed by atoms with Gasteiger partial charge in [-0.3, -0.25) is 4.99 Å². The Morgan fingerprint density at radius 1 is 1.44 bits per heavy atom. The summed E-state index contributed by atoms with van der Waals surface area (Å²) in [5.41, 5.74) is 0.387. The standard InChI is InChI=1S/C19H33N5O3/c1-6-23(18(25)27-19(2,3)4)14-15-7-10-24(11-8-15)17(20-5)21-13-16-9-12-26-22-16/h9,12,15H,6-8,10-11,13-14H2,1-5H3,(H,20,21). The van der Waals surface area contributed by atoms with Crippen LogP contribution in [0.2, 0.25) is 0 Å². The van der Waals surface area contributed by atoms with Crippen molar-refractivity contribution in [3.8, 4) is 0 Å². The fourth-order valence-electron chi connectivity index (χ4n) is 3.13. The topological polar surface area (TPSA) is 83.2 Å². The molecule has 1 saturated heterocycles. The number of nitrogens with one attached hydrogen (secondary N) is 1. The van der Waals surface area contributed by atoms with Gasteiger partial charge in [-0.15, -0.1) is 0 Å². The van der Waals surface area contributed by atoms with Crippen LogP contribution in [0.5, 0.6) is 0 Å². The molecule has 8 heteroatoms. The van der Waals surface area contributed by atoms with Gasteiger partial charge in [-0.2, -0.15) is 0 Å². The van der Waals surface area contributed by atoms with Gasteiger partial charge in [0.25, 0.3) is 0 Å². The van der Waals surface area contributed by atoms with Crippen LogP contribution in [0, 0.1) is 5.92 Å². The number of carbonyl (C=O) groups is 1. The molecule has 2 heterocycles. The van der Waals surface area contributed by atoms with Crippen LogP contribution in [0.25, 0.3) is 0 Å². The van der Waals surface area contributed by atoms with Crippen LogP contribution >= 0.6 is 0 Å². The fraction of sp³-hybridized carbons (Fsp3) is 0.737. The van der Waals surface area contributed by atoms with Crippen molar-refractivity contribution in [2.45, 2.75) is 52.7 Å². The maximum absolute atomic E-state index is 12.3.